The summed E-state index contributed by atoms with van der Waals surface area (Å²) in [5.41, 5.74) is -0.304. The van der Waals surface area contributed by atoms with Crippen molar-refractivity contribution in [2.75, 3.05) is 20.3 Å². The molecule has 136 valence electrons. The van der Waals surface area contributed by atoms with Crippen LogP contribution in [-0.4, -0.2) is 41.1 Å². The Hall–Kier alpha value is -2.25. The van der Waals surface area contributed by atoms with E-state index in [4.69, 9.17) is 4.74 Å². The molecular weight excluding hydrogens is 325 g/mol. The standard InChI is InChI=1S/C18H24FN3O3/c1-18(25-3,15-6-4-5-7-16(15)19)17(24)20-9-14(12-23)8-13-10-21-22(2)11-13/h4-7,10-11,14,23H,8-9,12H2,1-3H3,(H,20,24). The molecule has 0 saturated carbocycles. The van der Waals surface area contributed by atoms with E-state index in [0.29, 0.717) is 6.42 Å². The van der Waals surface area contributed by atoms with Crippen molar-refractivity contribution < 1.29 is 19.0 Å². The molecule has 2 aromatic rings. The van der Waals surface area contributed by atoms with Crippen LogP contribution in [0.15, 0.2) is 36.7 Å². The van der Waals surface area contributed by atoms with Gasteiger partial charge in [-0.1, -0.05) is 18.2 Å². The fourth-order valence-electron chi connectivity index (χ4n) is 2.69. The number of hydrogen-bond donors (Lipinski definition) is 2. The van der Waals surface area contributed by atoms with Crippen LogP contribution >= 0.6 is 0 Å². The van der Waals surface area contributed by atoms with Crippen LogP contribution < -0.4 is 5.32 Å². The average molecular weight is 349 g/mol. The van der Waals surface area contributed by atoms with Gasteiger partial charge in [-0.2, -0.15) is 5.10 Å². The number of hydrogen-bond acceptors (Lipinski definition) is 4. The van der Waals surface area contributed by atoms with Crippen LogP contribution in [-0.2, 0) is 28.6 Å². The molecule has 0 aliphatic heterocycles. The normalized spacial score (nSPS) is 14.8. The number of aliphatic hydroxyl groups excluding tert-OH is 1. The molecule has 25 heavy (non-hydrogen) atoms. The van der Waals surface area contributed by atoms with E-state index in [1.807, 2.05) is 13.2 Å². The maximum absolute atomic E-state index is 14.1. The first-order valence-electron chi connectivity index (χ1n) is 8.07. The number of amides is 1. The van der Waals surface area contributed by atoms with Crippen LogP contribution in [0.2, 0.25) is 0 Å². The molecule has 2 rings (SSSR count). The van der Waals surface area contributed by atoms with Gasteiger partial charge in [0.1, 0.15) is 5.82 Å². The van der Waals surface area contributed by atoms with Gasteiger partial charge in [0.2, 0.25) is 0 Å². The minimum absolute atomic E-state index is 0.0848. The molecule has 2 atom stereocenters. The Morgan fingerprint density at radius 2 is 2.20 bits per heavy atom. The lowest BCUT2D eigenvalue weighted by molar-refractivity contribution is -0.143. The van der Waals surface area contributed by atoms with Crippen molar-refractivity contribution >= 4 is 5.91 Å². The Balaban J connectivity index is 2.04. The summed E-state index contributed by atoms with van der Waals surface area (Å²) in [6, 6.07) is 6.03. The molecule has 1 aromatic carbocycles. The molecule has 0 aliphatic carbocycles. The van der Waals surface area contributed by atoms with E-state index < -0.39 is 17.3 Å². The molecule has 0 spiro atoms. The maximum Gasteiger partial charge on any atom is 0.256 e. The summed E-state index contributed by atoms with van der Waals surface area (Å²) in [4.78, 5) is 12.6. The minimum Gasteiger partial charge on any atom is -0.396 e. The Morgan fingerprint density at radius 1 is 1.48 bits per heavy atom. The third kappa shape index (κ3) is 4.43. The van der Waals surface area contributed by atoms with Crippen molar-refractivity contribution in [1.29, 1.82) is 0 Å². The summed E-state index contributed by atoms with van der Waals surface area (Å²) in [5, 5.41) is 16.4. The number of ether oxygens (including phenoxy) is 1. The number of aromatic nitrogens is 2. The Bertz CT molecular complexity index is 719. The highest BCUT2D eigenvalue weighted by molar-refractivity contribution is 5.86. The molecule has 1 heterocycles. The third-order valence-corrected chi connectivity index (χ3v) is 4.32. The Kier molecular flexibility index (Phi) is 6.27. The van der Waals surface area contributed by atoms with Gasteiger partial charge < -0.3 is 15.2 Å². The van der Waals surface area contributed by atoms with Gasteiger partial charge >= 0.3 is 0 Å². The highest BCUT2D eigenvalue weighted by Gasteiger charge is 2.37. The fourth-order valence-corrected chi connectivity index (χ4v) is 2.69. The van der Waals surface area contributed by atoms with E-state index >= 15 is 0 Å². The molecule has 0 bridgehead atoms. The second-order valence-corrected chi connectivity index (χ2v) is 6.20. The lowest BCUT2D eigenvalue weighted by Crippen LogP contribution is -2.46. The smallest absolute Gasteiger partial charge is 0.256 e. The summed E-state index contributed by atoms with van der Waals surface area (Å²) in [6.07, 6.45) is 4.17. The number of halogens is 1. The van der Waals surface area contributed by atoms with Crippen molar-refractivity contribution in [2.45, 2.75) is 18.9 Å². The highest BCUT2D eigenvalue weighted by Crippen LogP contribution is 2.27. The lowest BCUT2D eigenvalue weighted by Gasteiger charge is -2.28. The lowest BCUT2D eigenvalue weighted by atomic mass is 9.93. The summed E-state index contributed by atoms with van der Waals surface area (Å²) >= 11 is 0. The third-order valence-electron chi connectivity index (χ3n) is 4.32. The predicted octanol–water partition coefficient (Wildman–Crippen LogP) is 1.39. The largest absolute Gasteiger partial charge is 0.396 e. The fraction of sp³-hybridized carbons (Fsp3) is 0.444. The number of carbonyl (C=O) groups is 1. The number of nitrogens with zero attached hydrogens (tertiary/aromatic N) is 2. The van der Waals surface area contributed by atoms with E-state index in [0.717, 1.165) is 5.56 Å². The first-order valence-corrected chi connectivity index (χ1v) is 8.07. The van der Waals surface area contributed by atoms with E-state index in [1.54, 1.807) is 23.0 Å². The predicted molar refractivity (Wildman–Crippen MR) is 91.3 cm³/mol. The molecule has 1 amide bonds. The maximum atomic E-state index is 14.1. The van der Waals surface area contributed by atoms with Gasteiger partial charge in [0.15, 0.2) is 5.60 Å². The first kappa shape index (κ1) is 19.1. The topological polar surface area (TPSA) is 76.4 Å². The van der Waals surface area contributed by atoms with Gasteiger partial charge in [-0.05, 0) is 25.0 Å². The van der Waals surface area contributed by atoms with Gasteiger partial charge in [0.05, 0.1) is 6.20 Å². The molecule has 0 saturated heterocycles. The van der Waals surface area contributed by atoms with Crippen molar-refractivity contribution in [3.05, 3.63) is 53.6 Å². The number of benzene rings is 1. The van der Waals surface area contributed by atoms with Crippen molar-refractivity contribution in [1.82, 2.24) is 15.1 Å². The van der Waals surface area contributed by atoms with E-state index in [2.05, 4.69) is 10.4 Å². The van der Waals surface area contributed by atoms with Gasteiger partial charge in [0.25, 0.3) is 5.91 Å². The second kappa shape index (κ2) is 8.22. The molecule has 7 heteroatoms. The monoisotopic (exact) mass is 349 g/mol. The average Bonchev–Trinajstić information content (AvgIpc) is 3.02. The summed E-state index contributed by atoms with van der Waals surface area (Å²) in [5.74, 6) is -1.13. The molecule has 2 N–H and O–H groups in total. The van der Waals surface area contributed by atoms with Crippen molar-refractivity contribution in [3.8, 4) is 0 Å². The zero-order chi connectivity index (χ0) is 18.4. The van der Waals surface area contributed by atoms with Crippen LogP contribution in [0.1, 0.15) is 18.1 Å². The van der Waals surface area contributed by atoms with Crippen molar-refractivity contribution in [3.63, 3.8) is 0 Å². The van der Waals surface area contributed by atoms with Crippen LogP contribution in [0, 0.1) is 11.7 Å². The number of rotatable bonds is 8. The van der Waals surface area contributed by atoms with Crippen LogP contribution in [0.4, 0.5) is 4.39 Å². The molecule has 2 unspecified atom stereocenters. The summed E-state index contributed by atoms with van der Waals surface area (Å²) in [6.45, 7) is 1.69. The number of methoxy groups -OCH3 is 1. The summed E-state index contributed by atoms with van der Waals surface area (Å²) in [7, 11) is 3.18. The molecule has 1 aromatic heterocycles. The van der Waals surface area contributed by atoms with Gasteiger partial charge in [-0.15, -0.1) is 0 Å². The first-order chi connectivity index (χ1) is 11.9. The van der Waals surface area contributed by atoms with Gasteiger partial charge in [-0.3, -0.25) is 9.48 Å². The number of carbonyl (C=O) groups excluding carboxylic acids is 1. The van der Waals surface area contributed by atoms with Crippen LogP contribution in [0.5, 0.6) is 0 Å². The Morgan fingerprint density at radius 3 is 2.76 bits per heavy atom. The Labute approximate surface area is 146 Å². The molecular formula is C18H24FN3O3. The van der Waals surface area contributed by atoms with Gasteiger partial charge in [0, 0.05) is 45.0 Å². The van der Waals surface area contributed by atoms with E-state index in [-0.39, 0.29) is 24.6 Å². The van der Waals surface area contributed by atoms with Gasteiger partial charge in [-0.25, -0.2) is 4.39 Å². The SMILES string of the molecule is COC(C)(C(=O)NCC(CO)Cc1cnn(C)c1)c1ccccc1F. The number of aliphatic hydroxyl groups is 1. The summed E-state index contributed by atoms with van der Waals surface area (Å²) < 4.78 is 21.1. The molecule has 6 nitrogen and oxygen atoms in total. The van der Waals surface area contributed by atoms with E-state index in [1.165, 1.54) is 26.2 Å². The highest BCUT2D eigenvalue weighted by atomic mass is 19.1. The van der Waals surface area contributed by atoms with Crippen LogP contribution in [0.25, 0.3) is 0 Å². The zero-order valence-electron chi connectivity index (χ0n) is 14.7. The molecule has 0 radical (unpaired) electrons. The molecule has 0 fully saturated rings. The van der Waals surface area contributed by atoms with Crippen LogP contribution in [0.3, 0.4) is 0 Å². The number of aryl methyl sites for hydroxylation is 1. The van der Waals surface area contributed by atoms with Crippen molar-refractivity contribution in [2.24, 2.45) is 13.0 Å². The quantitative estimate of drug-likeness (QED) is 0.755. The molecule has 0 aliphatic rings. The van der Waals surface area contributed by atoms with E-state index in [9.17, 15) is 14.3 Å². The zero-order valence-corrected chi connectivity index (χ0v) is 14.7. The number of nitrogens with one attached hydrogen (secondary N) is 1. The second-order valence-electron chi connectivity index (χ2n) is 6.20. The minimum atomic E-state index is -1.44.